The fourth-order valence-corrected chi connectivity index (χ4v) is 7.91. The molecule has 1 unspecified atom stereocenters. The van der Waals surface area contributed by atoms with Gasteiger partial charge in [-0.3, -0.25) is 9.59 Å². The maximum Gasteiger partial charge on any atom is 0.313 e. The van der Waals surface area contributed by atoms with Gasteiger partial charge < -0.3 is 34.3 Å². The molecule has 1 aliphatic heterocycles. The summed E-state index contributed by atoms with van der Waals surface area (Å²) in [6.07, 6.45) is 3.23. The molecule has 274 valence electrons. The second-order valence-corrected chi connectivity index (χ2v) is 14.6. The molecule has 2 N–H and O–H groups in total. The van der Waals surface area contributed by atoms with E-state index >= 15 is 4.39 Å². The van der Waals surface area contributed by atoms with E-state index in [1.807, 2.05) is 55.9 Å². The van der Waals surface area contributed by atoms with Crippen molar-refractivity contribution in [2.45, 2.75) is 58.2 Å². The van der Waals surface area contributed by atoms with Gasteiger partial charge in [0, 0.05) is 62.5 Å². The fourth-order valence-electron chi connectivity index (χ4n) is 7.42. The van der Waals surface area contributed by atoms with Gasteiger partial charge in [0.15, 0.2) is 11.6 Å². The van der Waals surface area contributed by atoms with Crippen molar-refractivity contribution < 1.29 is 28.2 Å². The molecule has 10 nitrogen and oxygen atoms in total. The van der Waals surface area contributed by atoms with Crippen LogP contribution < -0.4 is 20.1 Å². The number of amides is 1. The van der Waals surface area contributed by atoms with Crippen LogP contribution in [0, 0.1) is 11.2 Å². The quantitative estimate of drug-likeness (QED) is 0.146. The molecule has 3 aromatic carbocycles. The number of ether oxygens (including phenoxy) is 3. The molecule has 1 fully saturated rings. The van der Waals surface area contributed by atoms with E-state index in [0.29, 0.717) is 54.8 Å². The number of esters is 1. The Bertz CT molecular complexity index is 2050. The number of likely N-dealkylation sites (N-methyl/N-ethyl adjacent to an activating group) is 1. The zero-order chi connectivity index (χ0) is 36.7. The van der Waals surface area contributed by atoms with E-state index in [9.17, 15) is 9.59 Å². The number of carbonyl (C=O) groups excluding carboxylic acids is 2. The molecule has 13 heteroatoms. The minimum atomic E-state index is -0.631. The Labute approximate surface area is 312 Å². The molecule has 0 radical (unpaired) electrons. The average Bonchev–Trinajstić information content (AvgIpc) is 3.71. The van der Waals surface area contributed by atoms with E-state index in [4.69, 9.17) is 37.4 Å². The SMILES string of the molecule is CCOc1cc(OC2CCc3c(-c4cccc(NC(=O)c5nc6c(n5C)CCN(C)C6)c4Cl)cccc32)c(Cl)c(F)c1CNCC1(C(=O)OC)CC1. The number of fused-ring (bicyclic) bond motifs is 2. The second kappa shape index (κ2) is 14.7. The number of hydrogen-bond donors (Lipinski definition) is 2. The number of rotatable bonds is 12. The van der Waals surface area contributed by atoms with Crippen LogP contribution in [0.4, 0.5) is 10.1 Å². The van der Waals surface area contributed by atoms with E-state index in [1.165, 1.54) is 7.11 Å². The lowest BCUT2D eigenvalue weighted by Gasteiger charge is -2.21. The Morgan fingerprint density at radius 3 is 2.58 bits per heavy atom. The third kappa shape index (κ3) is 6.75. The molecule has 1 amide bonds. The van der Waals surface area contributed by atoms with Gasteiger partial charge in [0.05, 0.1) is 35.5 Å². The topological polar surface area (TPSA) is 107 Å². The number of carbonyl (C=O) groups is 2. The molecule has 52 heavy (non-hydrogen) atoms. The van der Waals surface area contributed by atoms with Crippen molar-refractivity contribution in [3.63, 3.8) is 0 Å². The summed E-state index contributed by atoms with van der Waals surface area (Å²) in [6.45, 7) is 4.25. The van der Waals surface area contributed by atoms with Gasteiger partial charge in [0.25, 0.3) is 5.91 Å². The number of halogens is 3. The van der Waals surface area contributed by atoms with Gasteiger partial charge in [-0.1, -0.05) is 53.5 Å². The molecule has 0 spiro atoms. The summed E-state index contributed by atoms with van der Waals surface area (Å²) < 4.78 is 34.9. The smallest absolute Gasteiger partial charge is 0.313 e. The van der Waals surface area contributed by atoms with Crippen LogP contribution in [-0.2, 0) is 42.5 Å². The Kier molecular flexibility index (Phi) is 10.2. The number of nitrogens with zero attached hydrogens (tertiary/aromatic N) is 3. The molecule has 3 aliphatic rings. The highest BCUT2D eigenvalue weighted by atomic mass is 35.5. The van der Waals surface area contributed by atoms with Crippen LogP contribution in [0.5, 0.6) is 11.5 Å². The average molecular weight is 751 g/mol. The molecule has 0 saturated heterocycles. The summed E-state index contributed by atoms with van der Waals surface area (Å²) in [7, 11) is 5.29. The number of imidazole rings is 1. The largest absolute Gasteiger partial charge is 0.493 e. The minimum absolute atomic E-state index is 0.122. The Morgan fingerprint density at radius 2 is 1.83 bits per heavy atom. The molecule has 0 bridgehead atoms. The van der Waals surface area contributed by atoms with Crippen LogP contribution in [0.1, 0.15) is 71.0 Å². The van der Waals surface area contributed by atoms with Gasteiger partial charge in [-0.25, -0.2) is 9.37 Å². The van der Waals surface area contributed by atoms with Crippen molar-refractivity contribution in [1.82, 2.24) is 19.8 Å². The summed E-state index contributed by atoms with van der Waals surface area (Å²) in [5.74, 6) is -0.358. The molecule has 1 aromatic heterocycles. The molecule has 2 aliphatic carbocycles. The standard InChI is InChI=1S/C39H42Cl2FN5O5/c1-5-51-31-18-32(34(41)35(42)26(31)19-43-21-39(15-16-39)38(49)50-4)52-30-13-12-23-22(8-6-9-24(23)30)25-10-7-11-27(33(25)40)45-37(48)36-44-28-20-46(2)17-14-29(28)47(36)3/h6-11,18,30,43H,5,12-17,19-21H2,1-4H3,(H,45,48). The Morgan fingerprint density at radius 1 is 1.06 bits per heavy atom. The summed E-state index contributed by atoms with van der Waals surface area (Å²) in [4.78, 5) is 32.5. The van der Waals surface area contributed by atoms with Gasteiger partial charge >= 0.3 is 5.97 Å². The molecular formula is C39H42Cl2FN5O5. The van der Waals surface area contributed by atoms with E-state index < -0.39 is 17.3 Å². The summed E-state index contributed by atoms with van der Waals surface area (Å²) in [5.41, 5.74) is 5.90. The molecule has 2 heterocycles. The predicted octanol–water partition coefficient (Wildman–Crippen LogP) is 7.28. The Balaban J connectivity index is 1.10. The second-order valence-electron chi connectivity index (χ2n) is 13.8. The number of anilines is 1. The van der Waals surface area contributed by atoms with Crippen LogP contribution in [0.25, 0.3) is 11.1 Å². The van der Waals surface area contributed by atoms with Crippen molar-refractivity contribution >= 4 is 40.8 Å². The lowest BCUT2D eigenvalue weighted by atomic mass is 9.96. The van der Waals surface area contributed by atoms with Gasteiger partial charge in [-0.05, 0) is 62.4 Å². The minimum Gasteiger partial charge on any atom is -0.493 e. The van der Waals surface area contributed by atoms with Gasteiger partial charge in [0.1, 0.15) is 22.6 Å². The first kappa shape index (κ1) is 36.2. The van der Waals surface area contributed by atoms with Crippen LogP contribution in [-0.4, -0.2) is 60.2 Å². The third-order valence-corrected chi connectivity index (χ3v) is 11.2. The number of nitrogens with one attached hydrogen (secondary N) is 2. The normalized spacial score (nSPS) is 17.3. The number of benzene rings is 3. The number of methoxy groups -OCH3 is 1. The zero-order valence-corrected chi connectivity index (χ0v) is 31.2. The lowest BCUT2D eigenvalue weighted by molar-refractivity contribution is -0.146. The summed E-state index contributed by atoms with van der Waals surface area (Å²) in [5, 5.41) is 6.47. The first-order valence-electron chi connectivity index (χ1n) is 17.6. The maximum atomic E-state index is 15.9. The van der Waals surface area contributed by atoms with Gasteiger partial charge in [-0.15, -0.1) is 0 Å². The van der Waals surface area contributed by atoms with Crippen molar-refractivity contribution in [3.8, 4) is 22.6 Å². The molecule has 1 atom stereocenters. The monoisotopic (exact) mass is 749 g/mol. The molecule has 1 saturated carbocycles. The highest BCUT2D eigenvalue weighted by molar-refractivity contribution is 6.36. The maximum absolute atomic E-state index is 15.9. The van der Waals surface area contributed by atoms with Crippen LogP contribution >= 0.6 is 23.2 Å². The van der Waals surface area contributed by atoms with Crippen molar-refractivity contribution in [2.75, 3.05) is 39.2 Å². The fraction of sp³-hybridized carbons (Fsp3) is 0.410. The van der Waals surface area contributed by atoms with Crippen LogP contribution in [0.3, 0.4) is 0 Å². The van der Waals surface area contributed by atoms with Crippen molar-refractivity contribution in [2.24, 2.45) is 12.5 Å². The number of aromatic nitrogens is 2. The Hall–Kier alpha value is -4.16. The third-order valence-electron chi connectivity index (χ3n) is 10.4. The zero-order valence-electron chi connectivity index (χ0n) is 29.7. The van der Waals surface area contributed by atoms with E-state index in [1.54, 1.807) is 12.1 Å². The lowest BCUT2D eigenvalue weighted by Crippen LogP contribution is -2.31. The van der Waals surface area contributed by atoms with Crippen molar-refractivity contribution in [1.29, 1.82) is 0 Å². The molecule has 7 rings (SSSR count). The first-order chi connectivity index (χ1) is 25.0. The van der Waals surface area contributed by atoms with E-state index in [2.05, 4.69) is 20.5 Å². The van der Waals surface area contributed by atoms with Gasteiger partial charge in [0.2, 0.25) is 0 Å². The van der Waals surface area contributed by atoms with Crippen LogP contribution in [0.2, 0.25) is 10.0 Å². The van der Waals surface area contributed by atoms with Crippen LogP contribution in [0.15, 0.2) is 42.5 Å². The van der Waals surface area contributed by atoms with E-state index in [0.717, 1.165) is 59.4 Å². The first-order valence-corrected chi connectivity index (χ1v) is 18.3. The summed E-state index contributed by atoms with van der Waals surface area (Å²) in [6, 6.07) is 13.2. The summed E-state index contributed by atoms with van der Waals surface area (Å²) >= 11 is 13.6. The molecular weight excluding hydrogens is 708 g/mol. The molecule has 4 aromatic rings. The highest BCUT2D eigenvalue weighted by Crippen LogP contribution is 2.47. The highest BCUT2D eigenvalue weighted by Gasteiger charge is 2.50. The number of hydrogen-bond acceptors (Lipinski definition) is 8. The van der Waals surface area contributed by atoms with Gasteiger partial charge in [-0.2, -0.15) is 0 Å². The predicted molar refractivity (Wildman–Crippen MR) is 198 cm³/mol. The van der Waals surface area contributed by atoms with E-state index in [-0.39, 0.29) is 34.8 Å². The van der Waals surface area contributed by atoms with Crippen molar-refractivity contribution in [3.05, 3.63) is 92.2 Å².